The normalized spacial score (nSPS) is 15.6. The van der Waals surface area contributed by atoms with Crippen LogP contribution >= 0.6 is 23.2 Å². The second-order valence-electron chi connectivity index (χ2n) is 3.77. The van der Waals surface area contributed by atoms with Crippen LogP contribution in [0.3, 0.4) is 0 Å². The summed E-state index contributed by atoms with van der Waals surface area (Å²) in [5.74, 6) is 0. The maximum atomic E-state index is 11.1. The summed E-state index contributed by atoms with van der Waals surface area (Å²) in [6.45, 7) is 0. The molecule has 0 amide bonds. The molecule has 1 aliphatic carbocycles. The summed E-state index contributed by atoms with van der Waals surface area (Å²) in [4.78, 5) is 15.3. The minimum atomic E-state index is -0.528. The van der Waals surface area contributed by atoms with Crippen molar-refractivity contribution in [3.05, 3.63) is 28.0 Å². The van der Waals surface area contributed by atoms with Crippen LogP contribution in [0.1, 0.15) is 40.9 Å². The third kappa shape index (κ3) is 2.32. The van der Waals surface area contributed by atoms with Gasteiger partial charge in [0.25, 0.3) is 5.24 Å². The van der Waals surface area contributed by atoms with Crippen LogP contribution in [0, 0.1) is 0 Å². The number of rotatable bonds is 1. The van der Waals surface area contributed by atoms with Crippen molar-refractivity contribution in [2.24, 2.45) is 0 Å². The van der Waals surface area contributed by atoms with E-state index < -0.39 is 5.24 Å². The van der Waals surface area contributed by atoms with Gasteiger partial charge in [-0.2, -0.15) is 0 Å². The SMILES string of the molecule is O=C(Cl)c1cc2c(nc1Cl)CCCCC2. The molecule has 1 aromatic rings. The highest BCUT2D eigenvalue weighted by atomic mass is 35.5. The van der Waals surface area contributed by atoms with Crippen molar-refractivity contribution in [1.82, 2.24) is 4.98 Å². The van der Waals surface area contributed by atoms with Crippen molar-refractivity contribution < 1.29 is 4.79 Å². The van der Waals surface area contributed by atoms with Crippen LogP contribution in [0.25, 0.3) is 0 Å². The highest BCUT2D eigenvalue weighted by Crippen LogP contribution is 2.24. The first-order chi connectivity index (χ1) is 7.18. The van der Waals surface area contributed by atoms with Gasteiger partial charge in [0, 0.05) is 5.69 Å². The molecule has 0 fully saturated rings. The van der Waals surface area contributed by atoms with Gasteiger partial charge >= 0.3 is 0 Å². The van der Waals surface area contributed by atoms with E-state index in [0.29, 0.717) is 5.56 Å². The maximum Gasteiger partial charge on any atom is 0.255 e. The number of fused-ring (bicyclic) bond motifs is 1. The molecule has 0 atom stereocenters. The first kappa shape index (κ1) is 10.9. The number of hydrogen-bond acceptors (Lipinski definition) is 2. The van der Waals surface area contributed by atoms with Gasteiger partial charge in [0.15, 0.2) is 0 Å². The molecule has 0 radical (unpaired) electrons. The first-order valence-corrected chi connectivity index (χ1v) is 5.82. The lowest BCUT2D eigenvalue weighted by atomic mass is 10.1. The Hall–Kier alpha value is -0.600. The lowest BCUT2D eigenvalue weighted by Crippen LogP contribution is -2.01. The van der Waals surface area contributed by atoms with E-state index in [4.69, 9.17) is 23.2 Å². The van der Waals surface area contributed by atoms with Crippen LogP contribution < -0.4 is 0 Å². The number of nitrogens with zero attached hydrogens (tertiary/aromatic N) is 1. The Labute approximate surface area is 98.6 Å². The molecule has 0 saturated heterocycles. The van der Waals surface area contributed by atoms with Crippen molar-refractivity contribution in [2.75, 3.05) is 0 Å². The van der Waals surface area contributed by atoms with Gasteiger partial charge in [-0.05, 0) is 48.9 Å². The Morgan fingerprint density at radius 2 is 2.00 bits per heavy atom. The predicted molar refractivity (Wildman–Crippen MR) is 60.7 cm³/mol. The molecule has 2 rings (SSSR count). The fourth-order valence-electron chi connectivity index (χ4n) is 1.92. The van der Waals surface area contributed by atoms with E-state index in [1.807, 2.05) is 0 Å². The molecule has 0 aromatic carbocycles. The summed E-state index contributed by atoms with van der Waals surface area (Å²) in [6, 6.07) is 1.80. The summed E-state index contributed by atoms with van der Waals surface area (Å²) in [7, 11) is 0. The quantitative estimate of drug-likeness (QED) is 0.430. The number of aryl methyl sites for hydroxylation is 2. The third-order valence-corrected chi connectivity index (χ3v) is 3.21. The molecule has 0 bridgehead atoms. The van der Waals surface area contributed by atoms with E-state index in [0.717, 1.165) is 36.9 Å². The average Bonchev–Trinajstić information content (AvgIpc) is 2.40. The van der Waals surface area contributed by atoms with Gasteiger partial charge in [0.1, 0.15) is 5.15 Å². The van der Waals surface area contributed by atoms with E-state index in [9.17, 15) is 4.79 Å². The summed E-state index contributed by atoms with van der Waals surface area (Å²) < 4.78 is 0. The molecule has 0 aliphatic heterocycles. The largest absolute Gasteiger partial charge is 0.275 e. The number of carbonyl (C=O) groups excluding carboxylic acids is 1. The number of aromatic nitrogens is 1. The van der Waals surface area contributed by atoms with Gasteiger partial charge in [-0.1, -0.05) is 18.0 Å². The summed E-state index contributed by atoms with van der Waals surface area (Å²) in [6.07, 6.45) is 5.41. The molecule has 4 heteroatoms. The molecule has 2 nitrogen and oxygen atoms in total. The van der Waals surface area contributed by atoms with Gasteiger partial charge < -0.3 is 0 Å². The zero-order chi connectivity index (χ0) is 10.8. The van der Waals surface area contributed by atoms with Crippen LogP contribution in [0.5, 0.6) is 0 Å². The minimum absolute atomic E-state index is 0.232. The van der Waals surface area contributed by atoms with Gasteiger partial charge in [-0.25, -0.2) is 4.98 Å². The van der Waals surface area contributed by atoms with Crippen LogP contribution in [0.15, 0.2) is 6.07 Å². The number of pyridine rings is 1. The number of carbonyl (C=O) groups is 1. The Morgan fingerprint density at radius 3 is 2.73 bits per heavy atom. The fraction of sp³-hybridized carbons (Fsp3) is 0.455. The summed E-state index contributed by atoms with van der Waals surface area (Å²) in [5, 5.41) is -0.296. The lowest BCUT2D eigenvalue weighted by Gasteiger charge is -2.07. The van der Waals surface area contributed by atoms with Gasteiger partial charge in [-0.3, -0.25) is 4.79 Å². The maximum absolute atomic E-state index is 11.1. The molecule has 0 unspecified atom stereocenters. The zero-order valence-electron chi connectivity index (χ0n) is 8.22. The molecule has 0 saturated carbocycles. The Balaban J connectivity index is 2.47. The number of halogens is 2. The fourth-order valence-corrected chi connectivity index (χ4v) is 2.36. The number of hydrogen-bond donors (Lipinski definition) is 0. The predicted octanol–water partition coefficient (Wildman–Crippen LogP) is 3.38. The van der Waals surface area contributed by atoms with Crippen molar-refractivity contribution in [1.29, 1.82) is 0 Å². The molecular formula is C11H11Cl2NO. The minimum Gasteiger partial charge on any atom is -0.275 e. The molecule has 80 valence electrons. The standard InChI is InChI=1S/C11H11Cl2NO/c12-10-8(11(13)15)6-7-4-2-1-3-5-9(7)14-10/h6H,1-5H2. The first-order valence-electron chi connectivity index (χ1n) is 5.06. The van der Waals surface area contributed by atoms with Gasteiger partial charge in [0.2, 0.25) is 0 Å². The molecule has 1 aliphatic rings. The van der Waals surface area contributed by atoms with Crippen molar-refractivity contribution in [2.45, 2.75) is 32.1 Å². The molecule has 1 aromatic heterocycles. The Morgan fingerprint density at radius 1 is 1.27 bits per heavy atom. The lowest BCUT2D eigenvalue weighted by molar-refractivity contribution is 0.108. The van der Waals surface area contributed by atoms with E-state index in [1.165, 1.54) is 6.42 Å². The average molecular weight is 244 g/mol. The van der Waals surface area contributed by atoms with Crippen LogP contribution in [0.2, 0.25) is 5.15 Å². The monoisotopic (exact) mass is 243 g/mol. The topological polar surface area (TPSA) is 30.0 Å². The second-order valence-corrected chi connectivity index (χ2v) is 4.47. The van der Waals surface area contributed by atoms with Crippen molar-refractivity contribution >= 4 is 28.4 Å². The van der Waals surface area contributed by atoms with Crippen LogP contribution in [-0.4, -0.2) is 10.2 Å². The summed E-state index contributed by atoms with van der Waals surface area (Å²) >= 11 is 11.3. The Bertz CT molecular complexity index is 404. The molecule has 1 heterocycles. The van der Waals surface area contributed by atoms with E-state index in [2.05, 4.69) is 4.98 Å². The van der Waals surface area contributed by atoms with Crippen LogP contribution in [-0.2, 0) is 12.8 Å². The molecule has 15 heavy (non-hydrogen) atoms. The van der Waals surface area contributed by atoms with Gasteiger partial charge in [-0.15, -0.1) is 0 Å². The Kier molecular flexibility index (Phi) is 3.27. The van der Waals surface area contributed by atoms with E-state index >= 15 is 0 Å². The molecule has 0 N–H and O–H groups in total. The van der Waals surface area contributed by atoms with Gasteiger partial charge in [0.05, 0.1) is 5.56 Å². The third-order valence-electron chi connectivity index (χ3n) is 2.72. The highest BCUT2D eigenvalue weighted by molar-refractivity contribution is 6.68. The van der Waals surface area contributed by atoms with Crippen molar-refractivity contribution in [3.8, 4) is 0 Å². The molecule has 0 spiro atoms. The second kappa shape index (κ2) is 4.50. The highest BCUT2D eigenvalue weighted by Gasteiger charge is 2.16. The zero-order valence-corrected chi connectivity index (χ0v) is 9.74. The van der Waals surface area contributed by atoms with E-state index in [-0.39, 0.29) is 5.15 Å². The molecular weight excluding hydrogens is 233 g/mol. The smallest absolute Gasteiger partial charge is 0.255 e. The van der Waals surface area contributed by atoms with Crippen LogP contribution in [0.4, 0.5) is 0 Å². The summed E-state index contributed by atoms with van der Waals surface area (Å²) in [5.41, 5.74) is 2.49. The van der Waals surface area contributed by atoms with Crippen molar-refractivity contribution in [3.63, 3.8) is 0 Å². The van der Waals surface area contributed by atoms with E-state index in [1.54, 1.807) is 6.07 Å².